The summed E-state index contributed by atoms with van der Waals surface area (Å²) in [5, 5.41) is 18.9. The molecular weight excluding hydrogens is 232 g/mol. The van der Waals surface area contributed by atoms with E-state index in [4.69, 9.17) is 0 Å². The van der Waals surface area contributed by atoms with Crippen LogP contribution in [0.3, 0.4) is 0 Å². The first-order chi connectivity index (χ1) is 6.13. The lowest BCUT2D eigenvalue weighted by molar-refractivity contribution is 0.0188. The first-order valence-electron chi connectivity index (χ1n) is 5.13. The molecule has 0 aromatic rings. The van der Waals surface area contributed by atoms with Gasteiger partial charge < -0.3 is 10.2 Å². The maximum Gasteiger partial charge on any atom is 0.0923 e. The lowest BCUT2D eigenvalue weighted by Gasteiger charge is -2.30. The van der Waals surface area contributed by atoms with E-state index < -0.39 is 12.2 Å². The van der Waals surface area contributed by atoms with Crippen molar-refractivity contribution in [1.29, 1.82) is 0 Å². The van der Waals surface area contributed by atoms with Gasteiger partial charge in [-0.05, 0) is 25.7 Å². The molecule has 1 fully saturated rings. The standard InChI is InChI=1S/C10H19BrO2/c1-7(12)10(13)9(11)8-5-3-2-4-6-8/h7-10,12-13H,2-6H2,1H3/t7-,9-,10+/m0/s1. The van der Waals surface area contributed by atoms with Crippen molar-refractivity contribution < 1.29 is 10.2 Å². The van der Waals surface area contributed by atoms with Crippen molar-refractivity contribution in [3.8, 4) is 0 Å². The first kappa shape index (κ1) is 11.5. The third kappa shape index (κ3) is 3.22. The third-order valence-corrected chi connectivity index (χ3v) is 4.21. The molecule has 0 aromatic heterocycles. The maximum absolute atomic E-state index is 9.65. The molecule has 13 heavy (non-hydrogen) atoms. The van der Waals surface area contributed by atoms with Gasteiger partial charge in [-0.2, -0.15) is 0 Å². The highest BCUT2D eigenvalue weighted by molar-refractivity contribution is 9.09. The number of aliphatic hydroxyl groups excluding tert-OH is 2. The largest absolute Gasteiger partial charge is 0.391 e. The Morgan fingerprint density at radius 2 is 1.69 bits per heavy atom. The van der Waals surface area contributed by atoms with Gasteiger partial charge in [-0.25, -0.2) is 0 Å². The third-order valence-electron chi connectivity index (χ3n) is 2.92. The van der Waals surface area contributed by atoms with Crippen LogP contribution in [-0.2, 0) is 0 Å². The predicted molar refractivity (Wildman–Crippen MR) is 57.0 cm³/mol. The molecule has 1 rings (SSSR count). The zero-order chi connectivity index (χ0) is 9.84. The van der Waals surface area contributed by atoms with E-state index in [2.05, 4.69) is 15.9 Å². The molecule has 1 aliphatic rings. The Hall–Kier alpha value is 0.400. The highest BCUT2D eigenvalue weighted by atomic mass is 79.9. The number of hydrogen-bond donors (Lipinski definition) is 2. The van der Waals surface area contributed by atoms with Crippen molar-refractivity contribution in [2.24, 2.45) is 5.92 Å². The van der Waals surface area contributed by atoms with E-state index in [0.29, 0.717) is 5.92 Å². The summed E-state index contributed by atoms with van der Waals surface area (Å²) in [6.07, 6.45) is 4.95. The first-order valence-corrected chi connectivity index (χ1v) is 6.04. The Bertz CT molecular complexity index is 144. The summed E-state index contributed by atoms with van der Waals surface area (Å²) in [6, 6.07) is 0. The van der Waals surface area contributed by atoms with Gasteiger partial charge in [0.15, 0.2) is 0 Å². The molecule has 0 heterocycles. The summed E-state index contributed by atoms with van der Waals surface area (Å²) >= 11 is 3.50. The second-order valence-corrected chi connectivity index (χ2v) is 5.13. The summed E-state index contributed by atoms with van der Waals surface area (Å²) in [4.78, 5) is 0.0628. The molecule has 1 saturated carbocycles. The van der Waals surface area contributed by atoms with Crippen molar-refractivity contribution >= 4 is 15.9 Å². The maximum atomic E-state index is 9.65. The topological polar surface area (TPSA) is 40.5 Å². The molecule has 0 spiro atoms. The summed E-state index contributed by atoms with van der Waals surface area (Å²) in [7, 11) is 0. The predicted octanol–water partition coefficient (Wildman–Crippen LogP) is 2.07. The van der Waals surface area contributed by atoms with Gasteiger partial charge >= 0.3 is 0 Å². The van der Waals surface area contributed by atoms with Crippen LogP contribution in [0.5, 0.6) is 0 Å². The Kier molecular flexibility index (Phi) is 4.70. The van der Waals surface area contributed by atoms with Crippen LogP contribution in [-0.4, -0.2) is 27.2 Å². The van der Waals surface area contributed by atoms with Crippen LogP contribution in [0.1, 0.15) is 39.0 Å². The van der Waals surface area contributed by atoms with E-state index in [-0.39, 0.29) is 4.83 Å². The average Bonchev–Trinajstić information content (AvgIpc) is 2.17. The Morgan fingerprint density at radius 1 is 1.15 bits per heavy atom. The number of aliphatic hydroxyl groups is 2. The van der Waals surface area contributed by atoms with Gasteiger partial charge in [-0.3, -0.25) is 0 Å². The smallest absolute Gasteiger partial charge is 0.0923 e. The van der Waals surface area contributed by atoms with Gasteiger partial charge in [0.1, 0.15) is 0 Å². The van der Waals surface area contributed by atoms with Crippen molar-refractivity contribution in [1.82, 2.24) is 0 Å². The molecule has 2 nitrogen and oxygen atoms in total. The Balaban J connectivity index is 2.40. The van der Waals surface area contributed by atoms with Crippen LogP contribution < -0.4 is 0 Å². The van der Waals surface area contributed by atoms with Crippen molar-refractivity contribution in [2.45, 2.75) is 56.1 Å². The molecule has 0 amide bonds. The Morgan fingerprint density at radius 3 is 2.15 bits per heavy atom. The Labute approximate surface area is 88.5 Å². The monoisotopic (exact) mass is 250 g/mol. The number of rotatable bonds is 3. The van der Waals surface area contributed by atoms with E-state index in [1.54, 1.807) is 6.92 Å². The van der Waals surface area contributed by atoms with Crippen molar-refractivity contribution in [2.75, 3.05) is 0 Å². The molecule has 2 N–H and O–H groups in total. The quantitative estimate of drug-likeness (QED) is 0.754. The summed E-state index contributed by atoms with van der Waals surface area (Å²) in [5.41, 5.74) is 0. The zero-order valence-electron chi connectivity index (χ0n) is 8.12. The summed E-state index contributed by atoms with van der Waals surface area (Å²) in [5.74, 6) is 0.540. The average molecular weight is 251 g/mol. The summed E-state index contributed by atoms with van der Waals surface area (Å²) in [6.45, 7) is 1.64. The highest BCUT2D eigenvalue weighted by Gasteiger charge is 2.29. The van der Waals surface area contributed by atoms with Crippen LogP contribution in [0, 0.1) is 5.92 Å². The minimum Gasteiger partial charge on any atom is -0.391 e. The fourth-order valence-corrected chi connectivity index (χ4v) is 2.97. The van der Waals surface area contributed by atoms with E-state index in [0.717, 1.165) is 0 Å². The SMILES string of the molecule is C[C@H](O)[C@@H](O)[C@@H](Br)C1CCCCC1. The fourth-order valence-electron chi connectivity index (χ4n) is 2.00. The van der Waals surface area contributed by atoms with E-state index in [1.807, 2.05) is 0 Å². The molecule has 0 aliphatic heterocycles. The molecule has 0 saturated heterocycles. The fraction of sp³-hybridized carbons (Fsp3) is 1.00. The van der Waals surface area contributed by atoms with Crippen LogP contribution in [0.2, 0.25) is 0 Å². The lowest BCUT2D eigenvalue weighted by Crippen LogP contribution is -2.37. The molecule has 3 atom stereocenters. The number of alkyl halides is 1. The molecule has 0 radical (unpaired) electrons. The van der Waals surface area contributed by atoms with Gasteiger partial charge in [-0.1, -0.05) is 35.2 Å². The van der Waals surface area contributed by atoms with Gasteiger partial charge in [0.2, 0.25) is 0 Å². The second kappa shape index (κ2) is 5.32. The molecule has 0 unspecified atom stereocenters. The van der Waals surface area contributed by atoms with Crippen LogP contribution >= 0.6 is 15.9 Å². The number of hydrogen-bond acceptors (Lipinski definition) is 2. The zero-order valence-corrected chi connectivity index (χ0v) is 9.70. The number of halogens is 1. The normalized spacial score (nSPS) is 26.8. The van der Waals surface area contributed by atoms with Gasteiger partial charge in [0.05, 0.1) is 12.2 Å². The van der Waals surface area contributed by atoms with Crippen LogP contribution in [0.4, 0.5) is 0 Å². The van der Waals surface area contributed by atoms with Crippen LogP contribution in [0.25, 0.3) is 0 Å². The van der Waals surface area contributed by atoms with Gasteiger partial charge in [0, 0.05) is 4.83 Å². The molecule has 0 bridgehead atoms. The lowest BCUT2D eigenvalue weighted by atomic mass is 9.84. The van der Waals surface area contributed by atoms with E-state index in [1.165, 1.54) is 32.1 Å². The molecular formula is C10H19BrO2. The second-order valence-electron chi connectivity index (χ2n) is 4.07. The van der Waals surface area contributed by atoms with E-state index >= 15 is 0 Å². The van der Waals surface area contributed by atoms with Crippen molar-refractivity contribution in [3.05, 3.63) is 0 Å². The summed E-state index contributed by atoms with van der Waals surface area (Å²) < 4.78 is 0. The minimum atomic E-state index is -0.633. The molecule has 1 aliphatic carbocycles. The van der Waals surface area contributed by atoms with E-state index in [9.17, 15) is 10.2 Å². The van der Waals surface area contributed by atoms with Crippen LogP contribution in [0.15, 0.2) is 0 Å². The van der Waals surface area contributed by atoms with Gasteiger partial charge in [0.25, 0.3) is 0 Å². The molecule has 78 valence electrons. The van der Waals surface area contributed by atoms with Gasteiger partial charge in [-0.15, -0.1) is 0 Å². The minimum absolute atomic E-state index is 0.0628. The molecule has 3 heteroatoms. The van der Waals surface area contributed by atoms with Crippen molar-refractivity contribution in [3.63, 3.8) is 0 Å². The molecule has 0 aromatic carbocycles. The highest BCUT2D eigenvalue weighted by Crippen LogP contribution is 2.32.